The lowest BCUT2D eigenvalue weighted by molar-refractivity contribution is 0.158. The quantitative estimate of drug-likeness (QED) is 0.804. The molecule has 18 heavy (non-hydrogen) atoms. The van der Waals surface area contributed by atoms with E-state index in [0.29, 0.717) is 12.5 Å². The molecule has 1 saturated heterocycles. The van der Waals surface area contributed by atoms with Gasteiger partial charge < -0.3 is 4.74 Å². The van der Waals surface area contributed by atoms with Crippen molar-refractivity contribution in [2.75, 3.05) is 6.61 Å². The second-order valence-electron chi connectivity index (χ2n) is 4.50. The second-order valence-corrected chi connectivity index (χ2v) is 5.35. The summed E-state index contributed by atoms with van der Waals surface area (Å²) < 4.78 is 5.97. The highest BCUT2D eigenvalue weighted by Crippen LogP contribution is 2.20. The summed E-state index contributed by atoms with van der Waals surface area (Å²) in [5.41, 5.74) is 0.930. The molecule has 1 amide bonds. The van der Waals surface area contributed by atoms with Crippen molar-refractivity contribution >= 4 is 28.2 Å². The number of halogens is 1. The number of hydrazone groups is 1. The molecule has 1 aliphatic rings. The van der Waals surface area contributed by atoms with E-state index in [0.717, 1.165) is 10.0 Å². The highest BCUT2D eigenvalue weighted by atomic mass is 79.9. The monoisotopic (exact) mass is 310 g/mol. The molecule has 0 saturated carbocycles. The predicted molar refractivity (Wildman–Crippen MR) is 73.5 cm³/mol. The first-order valence-corrected chi connectivity index (χ1v) is 6.63. The molecular weight excluding hydrogens is 296 g/mol. The summed E-state index contributed by atoms with van der Waals surface area (Å²) >= 11 is 3.44. The van der Waals surface area contributed by atoms with Crippen molar-refractivity contribution in [2.24, 2.45) is 11.0 Å². The molecule has 5 heteroatoms. The molecule has 1 aliphatic heterocycles. The molecule has 1 aromatic carbocycles. The summed E-state index contributed by atoms with van der Waals surface area (Å²) in [4.78, 5) is 11.6. The van der Waals surface area contributed by atoms with Crippen LogP contribution >= 0.6 is 15.9 Å². The van der Waals surface area contributed by atoms with E-state index >= 15 is 0 Å². The van der Waals surface area contributed by atoms with E-state index in [2.05, 4.69) is 21.0 Å². The smallest absolute Gasteiger partial charge is 0.430 e. The molecule has 0 aliphatic carbocycles. The third-order valence-electron chi connectivity index (χ3n) is 2.87. The topological polar surface area (TPSA) is 41.9 Å². The van der Waals surface area contributed by atoms with Gasteiger partial charge in [-0.25, -0.2) is 4.79 Å². The number of amides is 1. The molecular formula is C13H15BrN2O2. The van der Waals surface area contributed by atoms with Crippen LogP contribution in [-0.4, -0.2) is 30.0 Å². The van der Waals surface area contributed by atoms with Gasteiger partial charge >= 0.3 is 6.09 Å². The molecule has 1 heterocycles. The lowest BCUT2D eigenvalue weighted by Gasteiger charge is -2.18. The van der Waals surface area contributed by atoms with E-state index in [4.69, 9.17) is 4.74 Å². The molecule has 0 aromatic heterocycles. The molecule has 0 spiro atoms. The standard InChI is InChI=1S/C13H15BrN2O2/c1-9(2)12-8-18-13(17)16(12)15-7-10-5-3-4-6-11(10)14/h3-7,9,12H,8H2,1-2H3/b15-7+/t12-/m1/s1. The third kappa shape index (κ3) is 2.72. The van der Waals surface area contributed by atoms with Crippen LogP contribution in [0.3, 0.4) is 0 Å². The van der Waals surface area contributed by atoms with Crippen LogP contribution in [0, 0.1) is 5.92 Å². The van der Waals surface area contributed by atoms with E-state index in [9.17, 15) is 4.79 Å². The van der Waals surface area contributed by atoms with Crippen molar-refractivity contribution in [3.05, 3.63) is 34.3 Å². The van der Waals surface area contributed by atoms with E-state index in [-0.39, 0.29) is 12.1 Å². The van der Waals surface area contributed by atoms with Crippen LogP contribution < -0.4 is 0 Å². The third-order valence-corrected chi connectivity index (χ3v) is 3.60. The van der Waals surface area contributed by atoms with Crippen LogP contribution in [0.4, 0.5) is 4.79 Å². The maximum Gasteiger partial charge on any atom is 0.430 e. The van der Waals surface area contributed by atoms with Crippen molar-refractivity contribution in [3.8, 4) is 0 Å². The zero-order chi connectivity index (χ0) is 13.1. The number of nitrogens with zero attached hydrogens (tertiary/aromatic N) is 2. The Hall–Kier alpha value is -1.36. The maximum atomic E-state index is 11.6. The summed E-state index contributed by atoms with van der Waals surface area (Å²) in [6, 6.07) is 7.73. The van der Waals surface area contributed by atoms with Crippen LogP contribution in [0.25, 0.3) is 0 Å². The van der Waals surface area contributed by atoms with Gasteiger partial charge in [0.2, 0.25) is 0 Å². The average Bonchev–Trinajstić information content (AvgIpc) is 2.70. The molecule has 0 bridgehead atoms. The van der Waals surface area contributed by atoms with Crippen molar-refractivity contribution in [2.45, 2.75) is 19.9 Å². The van der Waals surface area contributed by atoms with Gasteiger partial charge in [0.05, 0.1) is 12.3 Å². The van der Waals surface area contributed by atoms with Crippen molar-refractivity contribution in [3.63, 3.8) is 0 Å². The van der Waals surface area contributed by atoms with Gasteiger partial charge in [0.25, 0.3) is 0 Å². The van der Waals surface area contributed by atoms with Crippen LogP contribution in [0.2, 0.25) is 0 Å². The van der Waals surface area contributed by atoms with Crippen molar-refractivity contribution in [1.82, 2.24) is 5.01 Å². The highest BCUT2D eigenvalue weighted by Gasteiger charge is 2.34. The summed E-state index contributed by atoms with van der Waals surface area (Å²) in [5, 5.41) is 5.66. The summed E-state index contributed by atoms with van der Waals surface area (Å²) in [5.74, 6) is 0.313. The molecule has 1 aromatic rings. The van der Waals surface area contributed by atoms with Crippen LogP contribution in [0.15, 0.2) is 33.8 Å². The Bertz CT molecular complexity index is 474. The van der Waals surface area contributed by atoms with Crippen molar-refractivity contribution < 1.29 is 9.53 Å². The SMILES string of the molecule is CC(C)[C@H]1COC(=O)N1/N=C/c1ccccc1Br. The fourth-order valence-electron chi connectivity index (χ4n) is 1.74. The van der Waals surface area contributed by atoms with Gasteiger partial charge in [-0.15, -0.1) is 0 Å². The molecule has 1 atom stereocenters. The first-order valence-electron chi connectivity index (χ1n) is 5.84. The van der Waals surface area contributed by atoms with E-state index in [1.807, 2.05) is 38.1 Å². The van der Waals surface area contributed by atoms with Gasteiger partial charge in [-0.05, 0) is 12.0 Å². The minimum atomic E-state index is -0.378. The minimum absolute atomic E-state index is 0.0104. The molecule has 0 unspecified atom stereocenters. The number of rotatable bonds is 3. The fraction of sp³-hybridized carbons (Fsp3) is 0.385. The van der Waals surface area contributed by atoms with Crippen LogP contribution in [0.5, 0.6) is 0 Å². The normalized spacial score (nSPS) is 19.9. The van der Waals surface area contributed by atoms with Gasteiger partial charge in [0.15, 0.2) is 0 Å². The van der Waals surface area contributed by atoms with Gasteiger partial charge in [-0.2, -0.15) is 10.1 Å². The van der Waals surface area contributed by atoms with Gasteiger partial charge in [0.1, 0.15) is 6.61 Å². The summed E-state index contributed by atoms with van der Waals surface area (Å²) in [6.45, 7) is 4.50. The van der Waals surface area contributed by atoms with Gasteiger partial charge in [0, 0.05) is 10.0 Å². The summed E-state index contributed by atoms with van der Waals surface area (Å²) in [7, 11) is 0. The number of ether oxygens (including phenoxy) is 1. The number of benzene rings is 1. The zero-order valence-electron chi connectivity index (χ0n) is 10.3. The minimum Gasteiger partial charge on any atom is -0.446 e. The van der Waals surface area contributed by atoms with Gasteiger partial charge in [-0.1, -0.05) is 48.0 Å². The first-order chi connectivity index (χ1) is 8.59. The summed E-state index contributed by atoms with van der Waals surface area (Å²) in [6.07, 6.45) is 1.29. The van der Waals surface area contributed by atoms with Gasteiger partial charge in [-0.3, -0.25) is 0 Å². The Kier molecular flexibility index (Phi) is 4.01. The number of hydrogen-bond donors (Lipinski definition) is 0. The lowest BCUT2D eigenvalue weighted by Crippen LogP contribution is -2.33. The molecule has 1 fully saturated rings. The Morgan fingerprint density at radius 3 is 2.89 bits per heavy atom. The fourth-order valence-corrected chi connectivity index (χ4v) is 2.13. The van der Waals surface area contributed by atoms with E-state index in [1.54, 1.807) is 6.21 Å². The Morgan fingerprint density at radius 2 is 2.22 bits per heavy atom. The average molecular weight is 311 g/mol. The number of carbonyl (C=O) groups is 1. The highest BCUT2D eigenvalue weighted by molar-refractivity contribution is 9.10. The first kappa shape index (κ1) is 13.1. The number of cyclic esters (lactones) is 1. The molecule has 0 radical (unpaired) electrons. The molecule has 4 nitrogen and oxygen atoms in total. The Morgan fingerprint density at radius 1 is 1.50 bits per heavy atom. The largest absolute Gasteiger partial charge is 0.446 e. The maximum absolute atomic E-state index is 11.6. The number of hydrogen-bond acceptors (Lipinski definition) is 3. The predicted octanol–water partition coefficient (Wildman–Crippen LogP) is 3.26. The van der Waals surface area contributed by atoms with Crippen LogP contribution in [0.1, 0.15) is 19.4 Å². The molecule has 2 rings (SSSR count). The van der Waals surface area contributed by atoms with Crippen LogP contribution in [-0.2, 0) is 4.74 Å². The Balaban J connectivity index is 2.17. The second kappa shape index (κ2) is 5.52. The lowest BCUT2D eigenvalue weighted by atomic mass is 10.1. The van der Waals surface area contributed by atoms with E-state index < -0.39 is 0 Å². The molecule has 96 valence electrons. The Labute approximate surface area is 115 Å². The molecule has 0 N–H and O–H groups in total. The van der Waals surface area contributed by atoms with E-state index in [1.165, 1.54) is 5.01 Å². The number of carbonyl (C=O) groups excluding carboxylic acids is 1. The zero-order valence-corrected chi connectivity index (χ0v) is 11.9. The van der Waals surface area contributed by atoms with Crippen molar-refractivity contribution in [1.29, 1.82) is 0 Å².